The maximum atomic E-state index is 2.22. The third kappa shape index (κ3) is 4.21. The highest BCUT2D eigenvalue weighted by Gasteiger charge is 2.05. The topological polar surface area (TPSA) is 30.0 Å². The molecule has 1 aromatic carbocycles. The fourth-order valence-corrected chi connectivity index (χ4v) is 0.957. The van der Waals surface area contributed by atoms with Gasteiger partial charge in [-0.05, 0) is 18.6 Å². The predicted octanol–water partition coefficient (Wildman–Crippen LogP) is 2.58. The van der Waals surface area contributed by atoms with Gasteiger partial charge in [0.25, 0.3) is 0 Å². The first-order chi connectivity index (χ1) is 6.14. The number of benzene rings is 1. The molecular formula is C12H19NO. The quantitative estimate of drug-likeness (QED) is 0.678. The first kappa shape index (κ1) is 12.9. The van der Waals surface area contributed by atoms with Crippen molar-refractivity contribution in [2.45, 2.75) is 6.92 Å². The van der Waals surface area contributed by atoms with Crippen LogP contribution < -0.4 is 0 Å². The van der Waals surface area contributed by atoms with Crippen molar-refractivity contribution in [1.82, 2.24) is 0 Å². The van der Waals surface area contributed by atoms with Crippen molar-refractivity contribution in [2.24, 2.45) is 0 Å². The van der Waals surface area contributed by atoms with Gasteiger partial charge in [-0.15, -0.1) is 0 Å². The fraction of sp³-hybridized carbons (Fsp3) is 0.333. The molecule has 0 radical (unpaired) electrons. The van der Waals surface area contributed by atoms with Crippen LogP contribution in [0.4, 0.5) is 0 Å². The molecule has 1 rings (SSSR count). The van der Waals surface area contributed by atoms with Crippen molar-refractivity contribution in [3.63, 3.8) is 0 Å². The molecule has 0 aromatic heterocycles. The van der Waals surface area contributed by atoms with E-state index in [1.54, 1.807) is 0 Å². The van der Waals surface area contributed by atoms with E-state index in [-0.39, 0.29) is 5.48 Å². The molecule has 0 aliphatic carbocycles. The molecule has 0 bridgehead atoms. The van der Waals surface area contributed by atoms with Gasteiger partial charge in [0, 0.05) is 0 Å². The van der Waals surface area contributed by atoms with Crippen molar-refractivity contribution >= 4 is 6.08 Å². The van der Waals surface area contributed by atoms with E-state index < -0.39 is 0 Å². The van der Waals surface area contributed by atoms with Gasteiger partial charge >= 0.3 is 0 Å². The molecular weight excluding hydrogens is 174 g/mol. The average Bonchev–Trinajstić information content (AvgIpc) is 2.17. The fourth-order valence-electron chi connectivity index (χ4n) is 0.957. The number of nitrogens with zero attached hydrogens (tertiary/aromatic N) is 1. The van der Waals surface area contributed by atoms with E-state index in [4.69, 9.17) is 0 Å². The maximum absolute atomic E-state index is 2.22. The van der Waals surface area contributed by atoms with Crippen LogP contribution >= 0.6 is 0 Å². The van der Waals surface area contributed by atoms with Crippen molar-refractivity contribution in [1.29, 1.82) is 0 Å². The lowest BCUT2D eigenvalue weighted by molar-refractivity contribution is -0.836. The molecule has 0 heterocycles. The summed E-state index contributed by atoms with van der Waals surface area (Å²) >= 11 is 0. The van der Waals surface area contributed by atoms with Gasteiger partial charge in [0.05, 0.1) is 26.8 Å². The SMILES string of the molecule is CC[N+](C)(C)C=Cc1ccccc1.[OH-]. The monoisotopic (exact) mass is 193 g/mol. The molecule has 0 fully saturated rings. The highest BCUT2D eigenvalue weighted by molar-refractivity contribution is 5.47. The Morgan fingerprint density at radius 3 is 2.21 bits per heavy atom. The summed E-state index contributed by atoms with van der Waals surface area (Å²) in [5.41, 5.74) is 1.27. The Kier molecular flexibility index (Phi) is 5.13. The number of hydrogen-bond acceptors (Lipinski definition) is 1. The molecule has 0 aliphatic heterocycles. The number of hydrogen-bond donors (Lipinski definition) is 0. The highest BCUT2D eigenvalue weighted by Crippen LogP contribution is 2.05. The lowest BCUT2D eigenvalue weighted by Gasteiger charge is -2.22. The van der Waals surface area contributed by atoms with Gasteiger partial charge in [-0.3, -0.25) is 0 Å². The van der Waals surface area contributed by atoms with Crippen molar-refractivity contribution in [2.75, 3.05) is 20.6 Å². The standard InChI is InChI=1S/C12H18N.H2O/c1-4-13(2,3)11-10-12-8-6-5-7-9-12;/h5-11H,4H2,1-3H3;1H2/q+1;/p-1. The van der Waals surface area contributed by atoms with Gasteiger partial charge in [0.1, 0.15) is 0 Å². The molecule has 14 heavy (non-hydrogen) atoms. The Labute approximate surface area is 86.4 Å². The zero-order valence-electron chi connectivity index (χ0n) is 9.14. The Hall–Kier alpha value is -1.12. The third-order valence-corrected chi connectivity index (χ3v) is 2.29. The van der Waals surface area contributed by atoms with Crippen LogP contribution in [0.5, 0.6) is 0 Å². The van der Waals surface area contributed by atoms with E-state index in [9.17, 15) is 0 Å². The summed E-state index contributed by atoms with van der Waals surface area (Å²) in [5.74, 6) is 0. The summed E-state index contributed by atoms with van der Waals surface area (Å²) in [5, 5.41) is 0. The zero-order chi connectivity index (χ0) is 9.73. The van der Waals surface area contributed by atoms with Crippen molar-refractivity contribution < 1.29 is 9.96 Å². The number of quaternary nitrogens is 1. The third-order valence-electron chi connectivity index (χ3n) is 2.29. The van der Waals surface area contributed by atoms with Gasteiger partial charge in [-0.2, -0.15) is 0 Å². The second kappa shape index (κ2) is 5.58. The molecule has 2 heteroatoms. The van der Waals surface area contributed by atoms with E-state index in [0.717, 1.165) is 11.0 Å². The summed E-state index contributed by atoms with van der Waals surface area (Å²) in [7, 11) is 4.39. The Morgan fingerprint density at radius 1 is 1.14 bits per heavy atom. The molecule has 1 aromatic rings. The molecule has 0 saturated heterocycles. The minimum Gasteiger partial charge on any atom is -0.870 e. The smallest absolute Gasteiger partial charge is 0.0960 e. The summed E-state index contributed by atoms with van der Waals surface area (Å²) in [4.78, 5) is 0. The largest absolute Gasteiger partial charge is 0.870 e. The molecule has 0 aliphatic rings. The Balaban J connectivity index is 0.00000169. The minimum absolute atomic E-state index is 0. The van der Waals surface area contributed by atoms with Crippen LogP contribution in [0.2, 0.25) is 0 Å². The van der Waals surface area contributed by atoms with Crippen LogP contribution in [0, 0.1) is 0 Å². The first-order valence-corrected chi connectivity index (χ1v) is 4.71. The Bertz CT molecular complexity index is 278. The van der Waals surface area contributed by atoms with E-state index in [1.807, 2.05) is 6.07 Å². The van der Waals surface area contributed by atoms with Crippen LogP contribution in [0.3, 0.4) is 0 Å². The first-order valence-electron chi connectivity index (χ1n) is 4.71. The molecule has 0 spiro atoms. The lowest BCUT2D eigenvalue weighted by Crippen LogP contribution is -2.32. The minimum atomic E-state index is 0. The molecule has 78 valence electrons. The second-order valence-electron chi connectivity index (χ2n) is 3.82. The van der Waals surface area contributed by atoms with Crippen LogP contribution in [-0.4, -0.2) is 30.6 Å². The molecule has 0 unspecified atom stereocenters. The van der Waals surface area contributed by atoms with Crippen molar-refractivity contribution in [3.8, 4) is 0 Å². The van der Waals surface area contributed by atoms with Crippen LogP contribution in [-0.2, 0) is 0 Å². The Morgan fingerprint density at radius 2 is 1.71 bits per heavy atom. The summed E-state index contributed by atoms with van der Waals surface area (Å²) < 4.78 is 0.925. The summed E-state index contributed by atoms with van der Waals surface area (Å²) in [6, 6.07) is 10.4. The predicted molar refractivity (Wildman–Crippen MR) is 60.1 cm³/mol. The van der Waals surface area contributed by atoms with Gasteiger partial charge in [-0.1, -0.05) is 30.3 Å². The van der Waals surface area contributed by atoms with Gasteiger partial charge in [0.15, 0.2) is 0 Å². The number of rotatable bonds is 3. The van der Waals surface area contributed by atoms with Crippen molar-refractivity contribution in [3.05, 3.63) is 42.1 Å². The van der Waals surface area contributed by atoms with Gasteiger partial charge < -0.3 is 9.96 Å². The molecule has 1 N–H and O–H groups in total. The van der Waals surface area contributed by atoms with E-state index >= 15 is 0 Å². The average molecular weight is 193 g/mol. The lowest BCUT2D eigenvalue weighted by atomic mass is 10.2. The van der Waals surface area contributed by atoms with E-state index in [0.29, 0.717) is 0 Å². The highest BCUT2D eigenvalue weighted by atomic mass is 16.0. The zero-order valence-corrected chi connectivity index (χ0v) is 9.14. The molecule has 0 saturated carbocycles. The normalized spacial score (nSPS) is 11.4. The molecule has 0 atom stereocenters. The second-order valence-corrected chi connectivity index (χ2v) is 3.82. The van der Waals surface area contributed by atoms with E-state index in [1.165, 1.54) is 5.56 Å². The summed E-state index contributed by atoms with van der Waals surface area (Å²) in [6.45, 7) is 3.30. The van der Waals surface area contributed by atoms with E-state index in [2.05, 4.69) is 57.6 Å². The van der Waals surface area contributed by atoms with Gasteiger partial charge in [-0.25, -0.2) is 0 Å². The van der Waals surface area contributed by atoms with Crippen LogP contribution in [0.15, 0.2) is 36.5 Å². The van der Waals surface area contributed by atoms with Crippen LogP contribution in [0.25, 0.3) is 6.08 Å². The molecule has 2 nitrogen and oxygen atoms in total. The maximum Gasteiger partial charge on any atom is 0.0960 e. The molecule has 0 amide bonds. The van der Waals surface area contributed by atoms with Crippen LogP contribution in [0.1, 0.15) is 12.5 Å². The van der Waals surface area contributed by atoms with Gasteiger partial charge in [0.2, 0.25) is 0 Å². The summed E-state index contributed by atoms with van der Waals surface area (Å²) in [6.07, 6.45) is 4.39.